The molecule has 0 aliphatic carbocycles. The van der Waals surface area contributed by atoms with Crippen LogP contribution >= 0.6 is 0 Å². The van der Waals surface area contributed by atoms with Crippen LogP contribution < -0.4 is 10.2 Å². The number of nitrogens with zero attached hydrogens (tertiary/aromatic N) is 1. The van der Waals surface area contributed by atoms with E-state index in [2.05, 4.69) is 5.32 Å². The molecule has 2 heterocycles. The Morgan fingerprint density at radius 1 is 1.35 bits per heavy atom. The van der Waals surface area contributed by atoms with Gasteiger partial charge in [0.1, 0.15) is 6.10 Å². The zero-order chi connectivity index (χ0) is 14.3. The first-order valence-electron chi connectivity index (χ1n) is 6.53. The van der Waals surface area contributed by atoms with Gasteiger partial charge in [-0.15, -0.1) is 0 Å². The SMILES string of the molecule is CCc1ccc2c(c1)C(=O)C(=O)N2CC1CNC(=O)O1. The number of hydrogen-bond acceptors (Lipinski definition) is 4. The Hall–Kier alpha value is -2.37. The number of benzene rings is 1. The number of nitrogens with one attached hydrogen (secondary N) is 1. The van der Waals surface area contributed by atoms with E-state index in [0.29, 0.717) is 17.8 Å². The molecule has 1 atom stereocenters. The topological polar surface area (TPSA) is 75.7 Å². The third-order valence-electron chi connectivity index (χ3n) is 3.58. The quantitative estimate of drug-likeness (QED) is 0.830. The third kappa shape index (κ3) is 1.93. The highest BCUT2D eigenvalue weighted by molar-refractivity contribution is 6.52. The van der Waals surface area contributed by atoms with Gasteiger partial charge < -0.3 is 15.0 Å². The molecule has 20 heavy (non-hydrogen) atoms. The summed E-state index contributed by atoms with van der Waals surface area (Å²) < 4.78 is 5.01. The van der Waals surface area contributed by atoms with Crippen molar-refractivity contribution in [1.29, 1.82) is 0 Å². The Bertz CT molecular complexity index is 611. The molecule has 6 nitrogen and oxygen atoms in total. The second-order valence-electron chi connectivity index (χ2n) is 4.86. The van der Waals surface area contributed by atoms with Crippen LogP contribution in [0.25, 0.3) is 0 Å². The maximum absolute atomic E-state index is 12.0. The molecule has 0 bridgehead atoms. The lowest BCUT2D eigenvalue weighted by atomic mass is 10.1. The van der Waals surface area contributed by atoms with E-state index in [9.17, 15) is 14.4 Å². The number of hydrogen-bond donors (Lipinski definition) is 1. The number of anilines is 1. The van der Waals surface area contributed by atoms with Gasteiger partial charge in [0, 0.05) is 0 Å². The third-order valence-corrected chi connectivity index (χ3v) is 3.58. The molecule has 0 aromatic heterocycles. The highest BCUT2D eigenvalue weighted by atomic mass is 16.6. The van der Waals surface area contributed by atoms with E-state index < -0.39 is 23.9 Å². The fraction of sp³-hybridized carbons (Fsp3) is 0.357. The Morgan fingerprint density at radius 2 is 2.15 bits per heavy atom. The van der Waals surface area contributed by atoms with Crippen molar-refractivity contribution in [3.8, 4) is 0 Å². The van der Waals surface area contributed by atoms with Gasteiger partial charge >= 0.3 is 6.09 Å². The van der Waals surface area contributed by atoms with Gasteiger partial charge in [-0.05, 0) is 24.1 Å². The van der Waals surface area contributed by atoms with Crippen LogP contribution in [-0.2, 0) is 16.0 Å². The van der Waals surface area contributed by atoms with Gasteiger partial charge in [-0.3, -0.25) is 9.59 Å². The summed E-state index contributed by atoms with van der Waals surface area (Å²) in [6.07, 6.45) is -0.107. The molecule has 0 saturated carbocycles. The molecule has 6 heteroatoms. The molecule has 2 amide bonds. The highest BCUT2D eigenvalue weighted by Gasteiger charge is 2.38. The number of fused-ring (bicyclic) bond motifs is 1. The molecule has 2 aliphatic heterocycles. The van der Waals surface area contributed by atoms with Gasteiger partial charge in [0.05, 0.1) is 24.3 Å². The normalized spacial score (nSPS) is 20.9. The molecule has 2 aliphatic rings. The first-order chi connectivity index (χ1) is 9.60. The van der Waals surface area contributed by atoms with Gasteiger partial charge in [0.15, 0.2) is 0 Å². The molecule has 1 fully saturated rings. The average Bonchev–Trinajstić information content (AvgIpc) is 2.96. The van der Waals surface area contributed by atoms with Crippen molar-refractivity contribution in [3.05, 3.63) is 29.3 Å². The minimum absolute atomic E-state index is 0.196. The number of rotatable bonds is 3. The first kappa shape index (κ1) is 12.7. The monoisotopic (exact) mass is 274 g/mol. The molecule has 1 N–H and O–H groups in total. The minimum Gasteiger partial charge on any atom is -0.442 e. The first-order valence-corrected chi connectivity index (χ1v) is 6.53. The van der Waals surface area contributed by atoms with Crippen molar-refractivity contribution in [2.24, 2.45) is 0 Å². The van der Waals surface area contributed by atoms with E-state index in [4.69, 9.17) is 4.74 Å². The van der Waals surface area contributed by atoms with Gasteiger partial charge in [-0.1, -0.05) is 13.0 Å². The van der Waals surface area contributed by atoms with Crippen molar-refractivity contribution < 1.29 is 19.1 Å². The number of ether oxygens (including phenoxy) is 1. The second-order valence-corrected chi connectivity index (χ2v) is 4.86. The summed E-state index contributed by atoms with van der Waals surface area (Å²) in [5.41, 5.74) is 2.05. The molecular formula is C14H14N2O4. The van der Waals surface area contributed by atoms with Gasteiger partial charge in [0.2, 0.25) is 0 Å². The fourth-order valence-electron chi connectivity index (χ4n) is 2.49. The molecule has 104 valence electrons. The summed E-state index contributed by atoms with van der Waals surface area (Å²) in [6, 6.07) is 5.44. The lowest BCUT2D eigenvalue weighted by Gasteiger charge is -2.19. The van der Waals surface area contributed by atoms with Gasteiger partial charge in [-0.25, -0.2) is 4.79 Å². The second kappa shape index (κ2) is 4.63. The molecule has 0 radical (unpaired) electrons. The number of carbonyl (C=O) groups is 3. The van der Waals surface area contributed by atoms with Crippen molar-refractivity contribution >= 4 is 23.5 Å². The molecular weight excluding hydrogens is 260 g/mol. The number of carbonyl (C=O) groups excluding carboxylic acids is 3. The van der Waals surface area contributed by atoms with Crippen LogP contribution in [0.5, 0.6) is 0 Å². The predicted molar refractivity (Wildman–Crippen MR) is 70.8 cm³/mol. The number of aryl methyl sites for hydroxylation is 1. The minimum atomic E-state index is -0.559. The fourth-order valence-corrected chi connectivity index (χ4v) is 2.49. The van der Waals surface area contributed by atoms with Crippen LogP contribution in [0.3, 0.4) is 0 Å². The van der Waals surface area contributed by atoms with Crippen LogP contribution in [0.1, 0.15) is 22.8 Å². The maximum Gasteiger partial charge on any atom is 0.407 e. The van der Waals surface area contributed by atoms with E-state index in [0.717, 1.165) is 12.0 Å². The smallest absolute Gasteiger partial charge is 0.407 e. The van der Waals surface area contributed by atoms with E-state index in [-0.39, 0.29) is 6.54 Å². The summed E-state index contributed by atoms with van der Waals surface area (Å²) in [5.74, 6) is -1.05. The average molecular weight is 274 g/mol. The highest BCUT2D eigenvalue weighted by Crippen LogP contribution is 2.30. The van der Waals surface area contributed by atoms with E-state index in [1.54, 1.807) is 12.1 Å². The number of amides is 2. The largest absolute Gasteiger partial charge is 0.442 e. The lowest BCUT2D eigenvalue weighted by Crippen LogP contribution is -2.38. The van der Waals surface area contributed by atoms with Crippen molar-refractivity contribution in [2.45, 2.75) is 19.4 Å². The summed E-state index contributed by atoms with van der Waals surface area (Å²) in [5, 5.41) is 2.53. The Labute approximate surface area is 115 Å². The van der Waals surface area contributed by atoms with Crippen LogP contribution in [0.4, 0.5) is 10.5 Å². The molecule has 1 saturated heterocycles. The summed E-state index contributed by atoms with van der Waals surface area (Å²) in [7, 11) is 0. The number of alkyl carbamates (subject to hydrolysis) is 1. The number of ketones is 1. The molecule has 1 aromatic carbocycles. The predicted octanol–water partition coefficient (Wildman–Crippen LogP) is 0.887. The van der Waals surface area contributed by atoms with Gasteiger partial charge in [0.25, 0.3) is 11.7 Å². The summed E-state index contributed by atoms with van der Waals surface area (Å²) >= 11 is 0. The number of cyclic esters (lactones) is 1. The van der Waals surface area contributed by atoms with E-state index in [1.165, 1.54) is 4.90 Å². The Kier molecular flexibility index (Phi) is 2.93. The van der Waals surface area contributed by atoms with Crippen LogP contribution in [-0.4, -0.2) is 37.0 Å². The number of Topliss-reactive ketones (excluding diaryl/α,β-unsaturated/α-hetero) is 1. The molecule has 1 aromatic rings. The zero-order valence-corrected chi connectivity index (χ0v) is 11.0. The van der Waals surface area contributed by atoms with Crippen molar-refractivity contribution in [1.82, 2.24) is 5.32 Å². The Balaban J connectivity index is 1.88. The van der Waals surface area contributed by atoms with E-state index in [1.807, 2.05) is 13.0 Å². The van der Waals surface area contributed by atoms with Crippen LogP contribution in [0.2, 0.25) is 0 Å². The lowest BCUT2D eigenvalue weighted by molar-refractivity contribution is -0.114. The van der Waals surface area contributed by atoms with Gasteiger partial charge in [-0.2, -0.15) is 0 Å². The molecule has 1 unspecified atom stereocenters. The van der Waals surface area contributed by atoms with Crippen molar-refractivity contribution in [3.63, 3.8) is 0 Å². The summed E-state index contributed by atoms with van der Waals surface area (Å²) in [6.45, 7) is 2.53. The van der Waals surface area contributed by atoms with Crippen molar-refractivity contribution in [2.75, 3.05) is 18.0 Å². The zero-order valence-electron chi connectivity index (χ0n) is 11.0. The van der Waals surface area contributed by atoms with Crippen LogP contribution in [0, 0.1) is 0 Å². The van der Waals surface area contributed by atoms with Crippen LogP contribution in [0.15, 0.2) is 18.2 Å². The maximum atomic E-state index is 12.0. The molecule has 3 rings (SSSR count). The van der Waals surface area contributed by atoms with E-state index >= 15 is 0 Å². The Morgan fingerprint density at radius 3 is 2.80 bits per heavy atom. The summed E-state index contributed by atoms with van der Waals surface area (Å²) in [4.78, 5) is 36.4. The standard InChI is InChI=1S/C14H14N2O4/c1-2-8-3-4-11-10(5-8)12(17)13(18)16(11)7-9-6-15-14(19)20-9/h3-5,9H,2,6-7H2,1H3,(H,15,19). The molecule has 0 spiro atoms.